The molecule has 1 aromatic heterocycles. The van der Waals surface area contributed by atoms with Gasteiger partial charge in [-0.3, -0.25) is 19.2 Å². The molecule has 12 nitrogen and oxygen atoms in total. The molecule has 9 N–H and O–H groups in total. The molecule has 2 rings (SSSR count). The monoisotopic (exact) mass is 502 g/mol. The highest BCUT2D eigenvalue weighted by molar-refractivity contribution is 5.94. The van der Waals surface area contributed by atoms with E-state index in [0.717, 1.165) is 16.5 Å². The maximum Gasteiger partial charge on any atom is 0.326 e. The second kappa shape index (κ2) is 13.2. The number of amides is 4. The van der Waals surface area contributed by atoms with Crippen molar-refractivity contribution >= 4 is 40.5 Å². The first-order valence-electron chi connectivity index (χ1n) is 11.7. The number of carbonyl (C=O) groups is 5. The molecule has 196 valence electrons. The Hall–Kier alpha value is -3.93. The van der Waals surface area contributed by atoms with E-state index in [2.05, 4.69) is 20.9 Å². The van der Waals surface area contributed by atoms with Gasteiger partial charge in [-0.2, -0.15) is 0 Å². The maximum absolute atomic E-state index is 13.3. The summed E-state index contributed by atoms with van der Waals surface area (Å²) in [5.41, 5.74) is 12.1. The van der Waals surface area contributed by atoms with Crippen molar-refractivity contribution in [2.75, 3.05) is 6.54 Å². The fraction of sp³-hybridized carbons (Fsp3) is 0.458. The molecule has 0 aliphatic rings. The Morgan fingerprint density at radius 2 is 1.69 bits per heavy atom. The van der Waals surface area contributed by atoms with E-state index in [-0.39, 0.29) is 31.7 Å². The Bertz CT molecular complexity index is 1100. The molecule has 0 fully saturated rings. The Morgan fingerprint density at radius 1 is 1.03 bits per heavy atom. The number of aliphatic carboxylic acids is 1. The molecule has 0 radical (unpaired) electrons. The molecule has 0 saturated heterocycles. The van der Waals surface area contributed by atoms with Crippen LogP contribution in [0.15, 0.2) is 30.5 Å². The van der Waals surface area contributed by atoms with Gasteiger partial charge in [0, 0.05) is 29.9 Å². The Balaban J connectivity index is 2.33. The highest BCUT2D eigenvalue weighted by atomic mass is 16.4. The lowest BCUT2D eigenvalue weighted by Gasteiger charge is -2.26. The van der Waals surface area contributed by atoms with E-state index in [0.29, 0.717) is 6.42 Å². The number of H-pyrrole nitrogens is 1. The Labute approximate surface area is 208 Å². The van der Waals surface area contributed by atoms with E-state index >= 15 is 0 Å². The Kier molecular flexibility index (Phi) is 10.4. The second-order valence-electron chi connectivity index (χ2n) is 8.66. The lowest BCUT2D eigenvalue weighted by atomic mass is 9.97. The van der Waals surface area contributed by atoms with Gasteiger partial charge >= 0.3 is 5.97 Å². The molecule has 0 aliphatic heterocycles. The fourth-order valence-corrected chi connectivity index (χ4v) is 3.75. The third-order valence-corrected chi connectivity index (χ3v) is 6.03. The van der Waals surface area contributed by atoms with Crippen molar-refractivity contribution < 1.29 is 29.1 Å². The van der Waals surface area contributed by atoms with Gasteiger partial charge in [-0.25, -0.2) is 4.79 Å². The third kappa shape index (κ3) is 7.80. The van der Waals surface area contributed by atoms with Crippen molar-refractivity contribution in [2.45, 2.75) is 57.7 Å². The second-order valence-corrected chi connectivity index (χ2v) is 8.66. The molecule has 0 aliphatic carbocycles. The number of nitrogens with two attached hydrogens (primary N) is 2. The van der Waals surface area contributed by atoms with E-state index in [1.165, 1.54) is 0 Å². The quantitative estimate of drug-likeness (QED) is 0.180. The van der Waals surface area contributed by atoms with Gasteiger partial charge in [-0.15, -0.1) is 0 Å². The number of hydrogen-bond donors (Lipinski definition) is 7. The van der Waals surface area contributed by atoms with Crippen molar-refractivity contribution in [3.8, 4) is 0 Å². The van der Waals surface area contributed by atoms with E-state index in [9.17, 15) is 29.1 Å². The SMILES string of the molecule is CCC(C)C(NC(=O)C(Cc1c[nH]c2ccccc12)NC(=O)C(CCC(N)=O)NC(=O)CN)C(=O)O. The van der Waals surface area contributed by atoms with Gasteiger partial charge in [-0.05, 0) is 24.0 Å². The number of carbonyl (C=O) groups excluding carboxylic acids is 4. The number of carboxylic acid groups (broad SMARTS) is 1. The van der Waals surface area contributed by atoms with Crippen molar-refractivity contribution in [1.82, 2.24) is 20.9 Å². The predicted molar refractivity (Wildman–Crippen MR) is 132 cm³/mol. The minimum atomic E-state index is -1.19. The molecule has 4 amide bonds. The first-order chi connectivity index (χ1) is 17.1. The largest absolute Gasteiger partial charge is 0.480 e. The lowest BCUT2D eigenvalue weighted by Crippen LogP contribution is -2.57. The van der Waals surface area contributed by atoms with Gasteiger partial charge in [-0.1, -0.05) is 38.5 Å². The van der Waals surface area contributed by atoms with Crippen molar-refractivity contribution in [3.63, 3.8) is 0 Å². The number of carboxylic acids is 1. The minimum absolute atomic E-state index is 0.0435. The summed E-state index contributed by atoms with van der Waals surface area (Å²) < 4.78 is 0. The molecular formula is C24H34N6O6. The normalized spacial score (nSPS) is 14.3. The van der Waals surface area contributed by atoms with Crippen molar-refractivity contribution in [2.24, 2.45) is 17.4 Å². The van der Waals surface area contributed by atoms with E-state index < -0.39 is 47.7 Å². The summed E-state index contributed by atoms with van der Waals surface area (Å²) in [7, 11) is 0. The molecule has 2 aromatic rings. The van der Waals surface area contributed by atoms with E-state index in [4.69, 9.17) is 11.5 Å². The molecular weight excluding hydrogens is 468 g/mol. The zero-order valence-corrected chi connectivity index (χ0v) is 20.4. The number of primary amides is 1. The molecule has 4 atom stereocenters. The van der Waals surface area contributed by atoms with Crippen molar-refractivity contribution in [3.05, 3.63) is 36.0 Å². The van der Waals surface area contributed by atoms with Crippen LogP contribution in [-0.2, 0) is 30.4 Å². The summed E-state index contributed by atoms with van der Waals surface area (Å²) >= 11 is 0. The van der Waals surface area contributed by atoms with Gasteiger partial charge in [0.25, 0.3) is 0 Å². The minimum Gasteiger partial charge on any atom is -0.480 e. The van der Waals surface area contributed by atoms with Crippen LogP contribution >= 0.6 is 0 Å². The van der Waals surface area contributed by atoms with Crippen LogP contribution in [0.25, 0.3) is 10.9 Å². The summed E-state index contributed by atoms with van der Waals surface area (Å²) in [6, 6.07) is 3.89. The number of para-hydroxylation sites is 1. The fourth-order valence-electron chi connectivity index (χ4n) is 3.75. The molecule has 0 bridgehead atoms. The summed E-state index contributed by atoms with van der Waals surface area (Å²) in [5, 5.41) is 18.0. The van der Waals surface area contributed by atoms with Gasteiger partial charge in [0.1, 0.15) is 18.1 Å². The van der Waals surface area contributed by atoms with Gasteiger partial charge in [0.05, 0.1) is 6.54 Å². The number of benzene rings is 1. The zero-order chi connectivity index (χ0) is 26.8. The lowest BCUT2D eigenvalue weighted by molar-refractivity contribution is -0.143. The van der Waals surface area contributed by atoms with Crippen LogP contribution in [0.3, 0.4) is 0 Å². The van der Waals surface area contributed by atoms with Gasteiger partial charge in [0.2, 0.25) is 23.6 Å². The van der Waals surface area contributed by atoms with Crippen LogP contribution in [0.1, 0.15) is 38.7 Å². The van der Waals surface area contributed by atoms with Crippen LogP contribution in [0, 0.1) is 5.92 Å². The number of hydrogen-bond acceptors (Lipinski definition) is 6. The number of aromatic amines is 1. The molecule has 0 spiro atoms. The summed E-state index contributed by atoms with van der Waals surface area (Å²) in [4.78, 5) is 64.3. The van der Waals surface area contributed by atoms with Crippen LogP contribution in [0.4, 0.5) is 0 Å². The average Bonchev–Trinajstić information content (AvgIpc) is 3.26. The molecule has 1 aromatic carbocycles. The summed E-state index contributed by atoms with van der Waals surface area (Å²) in [6.45, 7) is 3.13. The first-order valence-corrected chi connectivity index (χ1v) is 11.7. The average molecular weight is 503 g/mol. The Morgan fingerprint density at radius 3 is 2.31 bits per heavy atom. The molecule has 36 heavy (non-hydrogen) atoms. The number of aromatic nitrogens is 1. The number of fused-ring (bicyclic) bond motifs is 1. The van der Waals surface area contributed by atoms with Crippen LogP contribution in [-0.4, -0.2) is 64.4 Å². The number of rotatable bonds is 14. The topological polar surface area (TPSA) is 210 Å². The van der Waals surface area contributed by atoms with Gasteiger partial charge < -0.3 is 37.5 Å². The molecule has 0 saturated carbocycles. The van der Waals surface area contributed by atoms with E-state index in [1.54, 1.807) is 20.0 Å². The van der Waals surface area contributed by atoms with Gasteiger partial charge in [0.15, 0.2) is 0 Å². The zero-order valence-electron chi connectivity index (χ0n) is 20.4. The van der Waals surface area contributed by atoms with E-state index in [1.807, 2.05) is 24.3 Å². The highest BCUT2D eigenvalue weighted by Gasteiger charge is 2.32. The summed E-state index contributed by atoms with van der Waals surface area (Å²) in [5.74, 6) is -4.26. The van der Waals surface area contributed by atoms with Crippen molar-refractivity contribution in [1.29, 1.82) is 0 Å². The number of nitrogens with one attached hydrogen (secondary N) is 4. The third-order valence-electron chi connectivity index (χ3n) is 6.03. The molecule has 4 unspecified atom stereocenters. The standard InChI is InChI=1S/C24H34N6O6/c1-3-13(2)21(24(35)36)30-23(34)18(10-14-12-27-16-7-5-4-6-15(14)16)29-22(33)17(8-9-19(26)31)28-20(32)11-25/h4-7,12-13,17-18,21,27H,3,8-11,25H2,1-2H3,(H2,26,31)(H,28,32)(H,29,33)(H,30,34)(H,35,36). The van der Waals surface area contributed by atoms with Crippen LogP contribution in [0.5, 0.6) is 0 Å². The maximum atomic E-state index is 13.3. The molecule has 1 heterocycles. The van der Waals surface area contributed by atoms with Crippen LogP contribution < -0.4 is 27.4 Å². The predicted octanol–water partition coefficient (Wildman–Crippen LogP) is -0.480. The van der Waals surface area contributed by atoms with Crippen LogP contribution in [0.2, 0.25) is 0 Å². The summed E-state index contributed by atoms with van der Waals surface area (Å²) in [6.07, 6.45) is 1.98. The smallest absolute Gasteiger partial charge is 0.326 e. The first kappa shape index (κ1) is 28.3. The highest BCUT2D eigenvalue weighted by Crippen LogP contribution is 2.19. The molecule has 12 heteroatoms.